The lowest BCUT2D eigenvalue weighted by molar-refractivity contribution is -0.131. The first kappa shape index (κ1) is 13.4. The summed E-state index contributed by atoms with van der Waals surface area (Å²) in [5.41, 5.74) is 0. The van der Waals surface area contributed by atoms with Crippen LogP contribution < -0.4 is 5.32 Å². The topological polar surface area (TPSA) is 35.6 Å². The normalized spacial score (nSPS) is 17.3. The summed E-state index contributed by atoms with van der Waals surface area (Å²) < 4.78 is 0. The highest BCUT2D eigenvalue weighted by molar-refractivity contribution is 5.78. The van der Waals surface area contributed by atoms with Gasteiger partial charge in [0.25, 0.3) is 0 Å². The maximum absolute atomic E-state index is 11.3. The predicted octanol–water partition coefficient (Wildman–Crippen LogP) is 0.00600. The molecular formula is C10H23N3O. The van der Waals surface area contributed by atoms with E-state index in [0.29, 0.717) is 6.54 Å². The van der Waals surface area contributed by atoms with Gasteiger partial charge in [0.05, 0.1) is 6.54 Å². The Bertz CT molecular complexity index is 153. The predicted molar refractivity (Wildman–Crippen MR) is 59.4 cm³/mol. The van der Waals surface area contributed by atoms with Crippen LogP contribution in [0.4, 0.5) is 0 Å². The first-order valence-electron chi connectivity index (χ1n) is 5.35. The molecule has 1 rings (SSSR count). The molecule has 1 heterocycles. The van der Waals surface area contributed by atoms with E-state index in [9.17, 15) is 4.79 Å². The molecular weight excluding hydrogens is 178 g/mol. The molecule has 1 amide bonds. The van der Waals surface area contributed by atoms with Crippen LogP contribution in [-0.2, 0) is 4.79 Å². The SMILES string of the molecule is CC.CNCC(=O)N1CCN(C)CC1. The number of carbonyl (C=O) groups excluding carboxylic acids is 1. The Morgan fingerprint density at radius 1 is 1.21 bits per heavy atom. The molecule has 14 heavy (non-hydrogen) atoms. The molecule has 4 nitrogen and oxygen atoms in total. The van der Waals surface area contributed by atoms with E-state index in [1.54, 1.807) is 7.05 Å². The fraction of sp³-hybridized carbons (Fsp3) is 0.900. The molecule has 1 aliphatic rings. The zero-order valence-corrected chi connectivity index (χ0v) is 9.84. The van der Waals surface area contributed by atoms with Crippen molar-refractivity contribution in [1.29, 1.82) is 0 Å². The third-order valence-electron chi connectivity index (χ3n) is 2.18. The van der Waals surface area contributed by atoms with Crippen molar-refractivity contribution in [3.05, 3.63) is 0 Å². The Morgan fingerprint density at radius 3 is 2.14 bits per heavy atom. The van der Waals surface area contributed by atoms with Gasteiger partial charge in [0.15, 0.2) is 0 Å². The third-order valence-corrected chi connectivity index (χ3v) is 2.18. The van der Waals surface area contributed by atoms with Crippen LogP contribution in [0.15, 0.2) is 0 Å². The molecule has 0 aliphatic carbocycles. The van der Waals surface area contributed by atoms with Crippen LogP contribution >= 0.6 is 0 Å². The summed E-state index contributed by atoms with van der Waals surface area (Å²) in [4.78, 5) is 15.5. The molecule has 4 heteroatoms. The quantitative estimate of drug-likeness (QED) is 0.683. The van der Waals surface area contributed by atoms with Gasteiger partial charge in [-0.1, -0.05) is 13.8 Å². The molecule has 0 atom stereocenters. The van der Waals surface area contributed by atoms with Crippen LogP contribution in [0.5, 0.6) is 0 Å². The second-order valence-electron chi connectivity index (χ2n) is 3.21. The van der Waals surface area contributed by atoms with E-state index >= 15 is 0 Å². The van der Waals surface area contributed by atoms with E-state index in [-0.39, 0.29) is 5.91 Å². The van der Waals surface area contributed by atoms with Crippen LogP contribution in [-0.4, -0.2) is 62.5 Å². The second-order valence-corrected chi connectivity index (χ2v) is 3.21. The number of amides is 1. The molecule has 0 bridgehead atoms. The lowest BCUT2D eigenvalue weighted by Gasteiger charge is -2.32. The highest BCUT2D eigenvalue weighted by atomic mass is 16.2. The number of hydrogen-bond acceptors (Lipinski definition) is 3. The van der Waals surface area contributed by atoms with Gasteiger partial charge in [-0.05, 0) is 14.1 Å². The summed E-state index contributed by atoms with van der Waals surface area (Å²) in [7, 11) is 3.88. The molecule has 1 aliphatic heterocycles. The molecule has 84 valence electrons. The van der Waals surface area contributed by atoms with Crippen molar-refractivity contribution in [2.75, 3.05) is 46.8 Å². The van der Waals surface area contributed by atoms with Gasteiger partial charge in [0.2, 0.25) is 5.91 Å². The zero-order valence-electron chi connectivity index (χ0n) is 9.84. The van der Waals surface area contributed by atoms with Crippen molar-refractivity contribution in [1.82, 2.24) is 15.1 Å². The Morgan fingerprint density at radius 2 is 1.71 bits per heavy atom. The molecule has 1 N–H and O–H groups in total. The van der Waals surface area contributed by atoms with Gasteiger partial charge in [-0.2, -0.15) is 0 Å². The highest BCUT2D eigenvalue weighted by Crippen LogP contribution is 1.98. The molecule has 1 fully saturated rings. The summed E-state index contributed by atoms with van der Waals surface area (Å²) in [5, 5.41) is 2.87. The summed E-state index contributed by atoms with van der Waals surface area (Å²) >= 11 is 0. The van der Waals surface area contributed by atoms with Crippen molar-refractivity contribution < 1.29 is 4.79 Å². The zero-order chi connectivity index (χ0) is 11.0. The number of piperazine rings is 1. The molecule has 0 aromatic heterocycles. The number of nitrogens with zero attached hydrogens (tertiary/aromatic N) is 2. The summed E-state index contributed by atoms with van der Waals surface area (Å²) in [6.07, 6.45) is 0. The molecule has 0 unspecified atom stereocenters. The van der Waals surface area contributed by atoms with Gasteiger partial charge in [-0.15, -0.1) is 0 Å². The van der Waals surface area contributed by atoms with Crippen LogP contribution in [0.2, 0.25) is 0 Å². The first-order chi connectivity index (χ1) is 6.74. The molecule has 0 radical (unpaired) electrons. The van der Waals surface area contributed by atoms with E-state index in [1.807, 2.05) is 18.7 Å². The molecule has 0 aromatic carbocycles. The smallest absolute Gasteiger partial charge is 0.236 e. The lowest BCUT2D eigenvalue weighted by atomic mass is 10.3. The van der Waals surface area contributed by atoms with Gasteiger partial charge >= 0.3 is 0 Å². The average Bonchev–Trinajstić information content (AvgIpc) is 2.22. The van der Waals surface area contributed by atoms with Crippen molar-refractivity contribution >= 4 is 5.91 Å². The molecule has 0 aromatic rings. The highest BCUT2D eigenvalue weighted by Gasteiger charge is 2.17. The van der Waals surface area contributed by atoms with Crippen molar-refractivity contribution in [3.8, 4) is 0 Å². The number of carbonyl (C=O) groups is 1. The van der Waals surface area contributed by atoms with Crippen LogP contribution in [0, 0.1) is 0 Å². The summed E-state index contributed by atoms with van der Waals surface area (Å²) in [5.74, 6) is 0.214. The number of rotatable bonds is 2. The van der Waals surface area contributed by atoms with Gasteiger partial charge in [0, 0.05) is 26.2 Å². The van der Waals surface area contributed by atoms with Gasteiger partial charge in [-0.25, -0.2) is 0 Å². The first-order valence-corrected chi connectivity index (χ1v) is 5.35. The number of likely N-dealkylation sites (N-methyl/N-ethyl adjacent to an activating group) is 2. The van der Waals surface area contributed by atoms with Crippen molar-refractivity contribution in [2.24, 2.45) is 0 Å². The maximum Gasteiger partial charge on any atom is 0.236 e. The van der Waals surface area contributed by atoms with E-state index < -0.39 is 0 Å². The fourth-order valence-corrected chi connectivity index (χ4v) is 1.32. The third kappa shape index (κ3) is 4.58. The maximum atomic E-state index is 11.3. The summed E-state index contributed by atoms with van der Waals surface area (Å²) in [6, 6.07) is 0. The van der Waals surface area contributed by atoms with Gasteiger partial charge in [-0.3, -0.25) is 4.79 Å². The Kier molecular flexibility index (Phi) is 7.42. The minimum Gasteiger partial charge on any atom is -0.339 e. The van der Waals surface area contributed by atoms with Crippen LogP contribution in [0.1, 0.15) is 13.8 Å². The van der Waals surface area contributed by atoms with E-state index in [0.717, 1.165) is 26.2 Å². The minimum absolute atomic E-state index is 0.214. The second kappa shape index (κ2) is 7.76. The van der Waals surface area contributed by atoms with Crippen molar-refractivity contribution in [2.45, 2.75) is 13.8 Å². The fourth-order valence-electron chi connectivity index (χ4n) is 1.32. The summed E-state index contributed by atoms with van der Waals surface area (Å²) in [6.45, 7) is 8.20. The lowest BCUT2D eigenvalue weighted by Crippen LogP contribution is -2.49. The van der Waals surface area contributed by atoms with Crippen LogP contribution in [0.25, 0.3) is 0 Å². The molecule has 0 saturated carbocycles. The van der Waals surface area contributed by atoms with Crippen LogP contribution in [0.3, 0.4) is 0 Å². The van der Waals surface area contributed by atoms with Crippen molar-refractivity contribution in [3.63, 3.8) is 0 Å². The molecule has 0 spiro atoms. The Balaban J connectivity index is 0.000000791. The monoisotopic (exact) mass is 201 g/mol. The van der Waals surface area contributed by atoms with E-state index in [1.165, 1.54) is 0 Å². The van der Waals surface area contributed by atoms with E-state index in [4.69, 9.17) is 0 Å². The standard InChI is InChI=1S/C8H17N3O.C2H6/c1-9-7-8(12)11-5-3-10(2)4-6-11;1-2/h9H,3-7H2,1-2H3;1-2H3. The minimum atomic E-state index is 0.214. The largest absolute Gasteiger partial charge is 0.339 e. The molecule has 1 saturated heterocycles. The Hall–Kier alpha value is -0.610. The van der Waals surface area contributed by atoms with Gasteiger partial charge in [0.1, 0.15) is 0 Å². The number of nitrogens with one attached hydrogen (secondary N) is 1. The van der Waals surface area contributed by atoms with Gasteiger partial charge < -0.3 is 15.1 Å². The Labute approximate surface area is 87.3 Å². The average molecular weight is 201 g/mol. The van der Waals surface area contributed by atoms with E-state index in [2.05, 4.69) is 17.3 Å². The number of hydrogen-bond donors (Lipinski definition) is 1.